The van der Waals surface area contributed by atoms with Crippen molar-refractivity contribution in [1.29, 1.82) is 0 Å². The van der Waals surface area contributed by atoms with E-state index in [9.17, 15) is 9.59 Å². The summed E-state index contributed by atoms with van der Waals surface area (Å²) in [6.45, 7) is 0.452. The van der Waals surface area contributed by atoms with E-state index in [4.69, 9.17) is 0 Å². The summed E-state index contributed by atoms with van der Waals surface area (Å²) in [4.78, 5) is 28.0. The molecule has 0 spiro atoms. The number of hydrogen-bond donors (Lipinski definition) is 2. The van der Waals surface area contributed by atoms with E-state index in [0.717, 1.165) is 17.1 Å². The monoisotopic (exact) mass is 372 g/mol. The number of nitrogens with zero attached hydrogens (tertiary/aromatic N) is 2. The number of aromatic nitrogens is 2. The van der Waals surface area contributed by atoms with E-state index >= 15 is 0 Å². The van der Waals surface area contributed by atoms with Crippen molar-refractivity contribution in [3.05, 3.63) is 52.7 Å². The molecule has 0 atom stereocenters. The highest BCUT2D eigenvalue weighted by molar-refractivity contribution is 7.10. The fourth-order valence-electron chi connectivity index (χ4n) is 2.11. The van der Waals surface area contributed by atoms with Gasteiger partial charge in [0.05, 0.1) is 0 Å². The standard InChI is InChI=1S/C17H16N4O2S2/c22-14(7-4-9-18-16(23)13-8-10-24-11-13)19-17-20-15(21-25-17)12-5-2-1-3-6-12/h1-3,5-6,8,10-11H,4,7,9H2,(H,18,23)(H,19,20,21,22). The minimum atomic E-state index is -0.138. The molecule has 2 amide bonds. The predicted molar refractivity (Wildman–Crippen MR) is 99.9 cm³/mol. The molecule has 0 fully saturated rings. The number of hydrogen-bond acceptors (Lipinski definition) is 6. The maximum Gasteiger partial charge on any atom is 0.252 e. The molecule has 3 rings (SSSR count). The van der Waals surface area contributed by atoms with Crippen molar-refractivity contribution >= 4 is 39.8 Å². The van der Waals surface area contributed by atoms with Gasteiger partial charge in [-0.05, 0) is 17.9 Å². The average Bonchev–Trinajstić information content (AvgIpc) is 3.31. The average molecular weight is 372 g/mol. The molecule has 0 aliphatic heterocycles. The van der Waals surface area contributed by atoms with Crippen molar-refractivity contribution in [2.24, 2.45) is 0 Å². The predicted octanol–water partition coefficient (Wildman–Crippen LogP) is 3.42. The summed E-state index contributed by atoms with van der Waals surface area (Å²) >= 11 is 2.63. The number of carbonyl (C=O) groups excluding carboxylic acids is 2. The molecule has 0 aliphatic rings. The van der Waals surface area contributed by atoms with E-state index in [1.807, 2.05) is 35.7 Å². The van der Waals surface area contributed by atoms with Gasteiger partial charge in [0.15, 0.2) is 5.82 Å². The molecule has 3 aromatic rings. The van der Waals surface area contributed by atoms with Crippen LogP contribution in [-0.4, -0.2) is 27.7 Å². The molecule has 0 saturated carbocycles. The van der Waals surface area contributed by atoms with Crippen LogP contribution in [0.2, 0.25) is 0 Å². The van der Waals surface area contributed by atoms with Crippen molar-refractivity contribution in [1.82, 2.24) is 14.7 Å². The molecule has 0 saturated heterocycles. The fourth-order valence-corrected chi connectivity index (χ4v) is 3.35. The highest BCUT2D eigenvalue weighted by Crippen LogP contribution is 2.20. The number of thiophene rings is 1. The van der Waals surface area contributed by atoms with Gasteiger partial charge in [-0.3, -0.25) is 9.59 Å². The molecule has 0 radical (unpaired) electrons. The smallest absolute Gasteiger partial charge is 0.252 e. The second kappa shape index (κ2) is 8.50. The maximum absolute atomic E-state index is 11.9. The van der Waals surface area contributed by atoms with Crippen LogP contribution in [0, 0.1) is 0 Å². The Kier molecular flexibility index (Phi) is 5.86. The Morgan fingerprint density at radius 2 is 1.96 bits per heavy atom. The van der Waals surface area contributed by atoms with Crippen LogP contribution in [0.1, 0.15) is 23.2 Å². The summed E-state index contributed by atoms with van der Waals surface area (Å²) in [7, 11) is 0. The van der Waals surface area contributed by atoms with Crippen molar-refractivity contribution in [2.45, 2.75) is 12.8 Å². The van der Waals surface area contributed by atoms with Gasteiger partial charge in [-0.2, -0.15) is 20.7 Å². The van der Waals surface area contributed by atoms with Gasteiger partial charge in [-0.1, -0.05) is 30.3 Å². The minimum absolute atomic E-state index is 0.113. The van der Waals surface area contributed by atoms with Crippen molar-refractivity contribution in [2.75, 3.05) is 11.9 Å². The first kappa shape index (κ1) is 17.2. The Morgan fingerprint density at radius 3 is 2.72 bits per heavy atom. The summed E-state index contributed by atoms with van der Waals surface area (Å²) < 4.78 is 4.25. The van der Waals surface area contributed by atoms with E-state index in [2.05, 4.69) is 20.0 Å². The van der Waals surface area contributed by atoms with Crippen LogP contribution in [0.25, 0.3) is 11.4 Å². The summed E-state index contributed by atoms with van der Waals surface area (Å²) in [6.07, 6.45) is 0.871. The van der Waals surface area contributed by atoms with E-state index in [0.29, 0.717) is 35.9 Å². The number of amides is 2. The summed E-state index contributed by atoms with van der Waals surface area (Å²) in [5.74, 6) is 0.350. The Morgan fingerprint density at radius 1 is 1.12 bits per heavy atom. The van der Waals surface area contributed by atoms with Crippen LogP contribution in [0.3, 0.4) is 0 Å². The topological polar surface area (TPSA) is 84.0 Å². The van der Waals surface area contributed by atoms with Gasteiger partial charge >= 0.3 is 0 Å². The number of nitrogens with one attached hydrogen (secondary N) is 2. The third-order valence-corrected chi connectivity index (χ3v) is 4.67. The number of carbonyl (C=O) groups is 2. The van der Waals surface area contributed by atoms with Gasteiger partial charge in [-0.15, -0.1) is 0 Å². The lowest BCUT2D eigenvalue weighted by molar-refractivity contribution is -0.116. The summed E-state index contributed by atoms with van der Waals surface area (Å²) in [6, 6.07) is 11.4. The van der Waals surface area contributed by atoms with Crippen LogP contribution >= 0.6 is 22.9 Å². The SMILES string of the molecule is O=C(CCCNC(=O)c1ccsc1)Nc1nc(-c2ccccc2)ns1. The molecular weight excluding hydrogens is 356 g/mol. The van der Waals surface area contributed by atoms with Gasteiger partial charge in [-0.25, -0.2) is 0 Å². The lowest BCUT2D eigenvalue weighted by Crippen LogP contribution is -2.25. The first-order valence-corrected chi connectivity index (χ1v) is 9.43. The summed E-state index contributed by atoms with van der Waals surface area (Å²) in [5, 5.41) is 9.66. The molecule has 25 heavy (non-hydrogen) atoms. The molecule has 0 bridgehead atoms. The number of anilines is 1. The van der Waals surface area contributed by atoms with Crippen molar-refractivity contribution < 1.29 is 9.59 Å². The zero-order chi connectivity index (χ0) is 17.5. The van der Waals surface area contributed by atoms with E-state index in [-0.39, 0.29) is 11.8 Å². The molecule has 8 heteroatoms. The first-order chi connectivity index (χ1) is 12.2. The lowest BCUT2D eigenvalue weighted by Gasteiger charge is -2.03. The Bertz CT molecular complexity index is 831. The van der Waals surface area contributed by atoms with Crippen molar-refractivity contribution in [3.8, 4) is 11.4 Å². The Balaban J connectivity index is 1.41. The van der Waals surface area contributed by atoms with Gasteiger partial charge in [0.25, 0.3) is 5.91 Å². The zero-order valence-corrected chi connectivity index (χ0v) is 14.9. The molecule has 2 N–H and O–H groups in total. The molecule has 0 aliphatic carbocycles. The van der Waals surface area contributed by atoms with Crippen LogP contribution in [-0.2, 0) is 4.79 Å². The molecule has 2 aromatic heterocycles. The van der Waals surface area contributed by atoms with Crippen LogP contribution < -0.4 is 10.6 Å². The number of benzene rings is 1. The molecule has 6 nitrogen and oxygen atoms in total. The minimum Gasteiger partial charge on any atom is -0.352 e. The maximum atomic E-state index is 11.9. The van der Waals surface area contributed by atoms with E-state index in [1.165, 1.54) is 11.3 Å². The quantitative estimate of drug-likeness (QED) is 0.623. The normalized spacial score (nSPS) is 10.4. The van der Waals surface area contributed by atoms with Gasteiger partial charge in [0.1, 0.15) is 0 Å². The Hall–Kier alpha value is -2.58. The molecule has 2 heterocycles. The second-order valence-electron chi connectivity index (χ2n) is 5.21. The van der Waals surface area contributed by atoms with E-state index in [1.54, 1.807) is 11.4 Å². The van der Waals surface area contributed by atoms with Gasteiger partial charge in [0, 0.05) is 41.0 Å². The van der Waals surface area contributed by atoms with E-state index < -0.39 is 0 Å². The molecule has 128 valence electrons. The van der Waals surface area contributed by atoms with Crippen LogP contribution in [0.4, 0.5) is 5.13 Å². The number of rotatable bonds is 7. The highest BCUT2D eigenvalue weighted by atomic mass is 32.1. The zero-order valence-electron chi connectivity index (χ0n) is 13.3. The largest absolute Gasteiger partial charge is 0.352 e. The van der Waals surface area contributed by atoms with Gasteiger partial charge < -0.3 is 10.6 Å². The first-order valence-electron chi connectivity index (χ1n) is 7.72. The van der Waals surface area contributed by atoms with Crippen molar-refractivity contribution in [3.63, 3.8) is 0 Å². The third-order valence-electron chi connectivity index (χ3n) is 3.35. The molecule has 0 unspecified atom stereocenters. The second-order valence-corrected chi connectivity index (χ2v) is 6.74. The molecule has 1 aromatic carbocycles. The fraction of sp³-hybridized carbons (Fsp3) is 0.176. The highest BCUT2D eigenvalue weighted by Gasteiger charge is 2.10. The third kappa shape index (κ3) is 4.94. The van der Waals surface area contributed by atoms with Crippen LogP contribution in [0.5, 0.6) is 0 Å². The lowest BCUT2D eigenvalue weighted by atomic mass is 10.2. The molecular formula is C17H16N4O2S2. The van der Waals surface area contributed by atoms with Crippen LogP contribution in [0.15, 0.2) is 47.2 Å². The summed E-state index contributed by atoms with van der Waals surface area (Å²) in [5.41, 5.74) is 1.56. The van der Waals surface area contributed by atoms with Gasteiger partial charge in [0.2, 0.25) is 11.0 Å². The Labute approximate surface area is 153 Å².